The highest BCUT2D eigenvalue weighted by atomic mass is 16.5. The van der Waals surface area contributed by atoms with Gasteiger partial charge in [0.15, 0.2) is 0 Å². The highest BCUT2D eigenvalue weighted by Crippen LogP contribution is 2.33. The van der Waals surface area contributed by atoms with Crippen molar-refractivity contribution in [3.05, 3.63) is 60.0 Å². The van der Waals surface area contributed by atoms with Crippen LogP contribution in [0.1, 0.15) is 37.3 Å². The summed E-state index contributed by atoms with van der Waals surface area (Å²) in [6.45, 7) is 5.20. The minimum Gasteiger partial charge on any atom is -0.494 e. The van der Waals surface area contributed by atoms with Gasteiger partial charge in [-0.05, 0) is 56.5 Å². The van der Waals surface area contributed by atoms with Crippen molar-refractivity contribution in [2.24, 2.45) is 0 Å². The van der Waals surface area contributed by atoms with Gasteiger partial charge in [0, 0.05) is 17.8 Å². The van der Waals surface area contributed by atoms with Crippen LogP contribution in [0.3, 0.4) is 0 Å². The highest BCUT2D eigenvalue weighted by Gasteiger charge is 2.34. The van der Waals surface area contributed by atoms with Crippen molar-refractivity contribution in [3.63, 3.8) is 0 Å². The first-order valence-electron chi connectivity index (χ1n) is 9.86. The van der Waals surface area contributed by atoms with E-state index in [1.54, 1.807) is 4.90 Å². The van der Waals surface area contributed by atoms with E-state index in [2.05, 4.69) is 15.5 Å². The predicted molar refractivity (Wildman–Crippen MR) is 110 cm³/mol. The van der Waals surface area contributed by atoms with Gasteiger partial charge in [0.1, 0.15) is 11.8 Å². The van der Waals surface area contributed by atoms with Crippen molar-refractivity contribution in [1.82, 2.24) is 15.0 Å². The van der Waals surface area contributed by atoms with Crippen molar-refractivity contribution in [3.8, 4) is 17.1 Å². The number of rotatable bonds is 5. The van der Waals surface area contributed by atoms with Gasteiger partial charge in [0.2, 0.25) is 11.7 Å². The molecule has 2 amide bonds. The van der Waals surface area contributed by atoms with Crippen LogP contribution in [0.4, 0.5) is 10.5 Å². The van der Waals surface area contributed by atoms with E-state index in [1.165, 1.54) is 0 Å². The standard InChI is InChI=1S/C22H24N4O3/c1-3-28-17-12-10-16(11-13-17)23-22(27)26-14-6-9-19(26)21-24-20(25-29-21)18-8-5-4-7-15(18)2/h4-5,7-8,10-13,19H,3,6,9,14H2,1-2H3,(H,23,27)/t19-/m1/s1. The van der Waals surface area contributed by atoms with Gasteiger partial charge >= 0.3 is 6.03 Å². The normalized spacial score (nSPS) is 16.1. The highest BCUT2D eigenvalue weighted by molar-refractivity contribution is 5.89. The van der Waals surface area contributed by atoms with Crippen LogP contribution in [-0.2, 0) is 0 Å². The van der Waals surface area contributed by atoms with Crippen LogP contribution in [0.15, 0.2) is 53.1 Å². The zero-order valence-electron chi connectivity index (χ0n) is 16.6. The first-order chi connectivity index (χ1) is 14.2. The molecule has 150 valence electrons. The number of nitrogens with one attached hydrogen (secondary N) is 1. The van der Waals surface area contributed by atoms with Gasteiger partial charge in [-0.15, -0.1) is 0 Å². The van der Waals surface area contributed by atoms with Crippen LogP contribution in [0, 0.1) is 6.92 Å². The molecule has 7 heteroatoms. The molecule has 1 aliphatic heterocycles. The first kappa shape index (κ1) is 19.0. The molecule has 0 spiro atoms. The van der Waals surface area contributed by atoms with Crippen molar-refractivity contribution in [2.75, 3.05) is 18.5 Å². The molecule has 1 aliphatic rings. The molecule has 0 aliphatic carbocycles. The van der Waals surface area contributed by atoms with E-state index >= 15 is 0 Å². The molecule has 1 fully saturated rings. The van der Waals surface area contributed by atoms with Gasteiger partial charge < -0.3 is 19.5 Å². The number of aromatic nitrogens is 2. The summed E-state index contributed by atoms with van der Waals surface area (Å²) in [5.41, 5.74) is 2.73. The molecule has 1 atom stereocenters. The topological polar surface area (TPSA) is 80.5 Å². The van der Waals surface area contributed by atoms with Gasteiger partial charge in [-0.25, -0.2) is 4.79 Å². The zero-order valence-corrected chi connectivity index (χ0v) is 16.6. The summed E-state index contributed by atoms with van der Waals surface area (Å²) in [6, 6.07) is 14.9. The molecule has 1 N–H and O–H groups in total. The molecule has 0 saturated carbocycles. The molecule has 2 aromatic carbocycles. The van der Waals surface area contributed by atoms with Gasteiger partial charge in [-0.2, -0.15) is 4.98 Å². The first-order valence-corrected chi connectivity index (χ1v) is 9.86. The Labute approximate surface area is 169 Å². The third-order valence-electron chi connectivity index (χ3n) is 5.04. The smallest absolute Gasteiger partial charge is 0.322 e. The minimum absolute atomic E-state index is 0.174. The number of urea groups is 1. The minimum atomic E-state index is -0.219. The Morgan fingerprint density at radius 2 is 2.03 bits per heavy atom. The van der Waals surface area contributed by atoms with Crippen LogP contribution >= 0.6 is 0 Å². The van der Waals surface area contributed by atoms with E-state index < -0.39 is 0 Å². The number of benzene rings is 2. The van der Waals surface area contributed by atoms with Gasteiger partial charge in [-0.1, -0.05) is 29.4 Å². The Morgan fingerprint density at radius 1 is 1.24 bits per heavy atom. The Morgan fingerprint density at radius 3 is 2.79 bits per heavy atom. The number of aryl methyl sites for hydroxylation is 1. The van der Waals surface area contributed by atoms with E-state index in [1.807, 2.05) is 62.4 Å². The van der Waals surface area contributed by atoms with Crippen LogP contribution in [-0.4, -0.2) is 34.2 Å². The number of carbonyl (C=O) groups is 1. The van der Waals surface area contributed by atoms with Crippen molar-refractivity contribution < 1.29 is 14.1 Å². The zero-order chi connectivity index (χ0) is 20.2. The second-order valence-electron chi connectivity index (χ2n) is 7.01. The summed E-state index contributed by atoms with van der Waals surface area (Å²) in [4.78, 5) is 19.2. The van der Waals surface area contributed by atoms with Crippen molar-refractivity contribution in [1.29, 1.82) is 0 Å². The number of nitrogens with zero attached hydrogens (tertiary/aromatic N) is 3. The number of ether oxygens (including phenoxy) is 1. The predicted octanol–water partition coefficient (Wildman–Crippen LogP) is 4.81. The molecule has 3 aromatic rings. The maximum atomic E-state index is 12.8. The number of carbonyl (C=O) groups excluding carboxylic acids is 1. The molecule has 1 aromatic heterocycles. The van der Waals surface area contributed by atoms with Crippen LogP contribution in [0.5, 0.6) is 5.75 Å². The molecule has 4 rings (SSSR count). The van der Waals surface area contributed by atoms with Gasteiger partial charge in [0.05, 0.1) is 6.61 Å². The Hall–Kier alpha value is -3.35. The van der Waals surface area contributed by atoms with Crippen LogP contribution in [0.25, 0.3) is 11.4 Å². The molecule has 0 radical (unpaired) electrons. The quantitative estimate of drug-likeness (QED) is 0.674. The lowest BCUT2D eigenvalue weighted by Gasteiger charge is -2.22. The summed E-state index contributed by atoms with van der Waals surface area (Å²) < 4.78 is 11.0. The lowest BCUT2D eigenvalue weighted by atomic mass is 10.1. The van der Waals surface area contributed by atoms with Crippen molar-refractivity contribution >= 4 is 11.7 Å². The van der Waals surface area contributed by atoms with E-state index in [0.29, 0.717) is 24.9 Å². The number of hydrogen-bond donors (Lipinski definition) is 1. The monoisotopic (exact) mass is 392 g/mol. The summed E-state index contributed by atoms with van der Waals surface area (Å²) in [5.74, 6) is 1.80. The van der Waals surface area contributed by atoms with E-state index in [9.17, 15) is 4.79 Å². The fraction of sp³-hybridized carbons (Fsp3) is 0.318. The van der Waals surface area contributed by atoms with Crippen molar-refractivity contribution in [2.45, 2.75) is 32.7 Å². The molecule has 1 saturated heterocycles. The van der Waals surface area contributed by atoms with Crippen LogP contribution in [0.2, 0.25) is 0 Å². The molecular weight excluding hydrogens is 368 g/mol. The summed E-state index contributed by atoms with van der Waals surface area (Å²) in [7, 11) is 0. The number of amides is 2. The average molecular weight is 392 g/mol. The molecule has 29 heavy (non-hydrogen) atoms. The summed E-state index contributed by atoms with van der Waals surface area (Å²) in [5, 5.41) is 7.08. The fourth-order valence-corrected chi connectivity index (χ4v) is 3.57. The maximum absolute atomic E-state index is 12.8. The molecular formula is C22H24N4O3. The second-order valence-corrected chi connectivity index (χ2v) is 7.01. The van der Waals surface area contributed by atoms with E-state index in [0.717, 1.165) is 35.4 Å². The second kappa shape index (κ2) is 8.34. The molecule has 2 heterocycles. The Kier molecular flexibility index (Phi) is 5.46. The average Bonchev–Trinajstić information content (AvgIpc) is 3.39. The summed E-state index contributed by atoms with van der Waals surface area (Å²) >= 11 is 0. The molecule has 0 bridgehead atoms. The van der Waals surface area contributed by atoms with Gasteiger partial charge in [0.25, 0.3) is 0 Å². The third kappa shape index (κ3) is 4.08. The number of anilines is 1. The molecule has 0 unspecified atom stereocenters. The largest absolute Gasteiger partial charge is 0.494 e. The lowest BCUT2D eigenvalue weighted by Crippen LogP contribution is -2.34. The lowest BCUT2D eigenvalue weighted by molar-refractivity contribution is 0.193. The Balaban J connectivity index is 1.47. The molecule has 7 nitrogen and oxygen atoms in total. The number of likely N-dealkylation sites (tertiary alicyclic amines) is 1. The van der Waals surface area contributed by atoms with E-state index in [4.69, 9.17) is 9.26 Å². The van der Waals surface area contributed by atoms with Crippen LogP contribution < -0.4 is 10.1 Å². The number of hydrogen-bond acceptors (Lipinski definition) is 5. The van der Waals surface area contributed by atoms with Gasteiger partial charge in [-0.3, -0.25) is 0 Å². The third-order valence-corrected chi connectivity index (χ3v) is 5.04. The Bertz CT molecular complexity index is 984. The van der Waals surface area contributed by atoms with E-state index in [-0.39, 0.29) is 12.1 Å². The maximum Gasteiger partial charge on any atom is 0.322 e. The summed E-state index contributed by atoms with van der Waals surface area (Å²) in [6.07, 6.45) is 1.69. The SMILES string of the molecule is CCOc1ccc(NC(=O)N2CCC[C@@H]2c2nc(-c3ccccc3C)no2)cc1. The fourth-order valence-electron chi connectivity index (χ4n) is 3.57.